The second kappa shape index (κ2) is 10.9. The summed E-state index contributed by atoms with van der Waals surface area (Å²) in [5.74, 6) is 0. The van der Waals surface area contributed by atoms with Crippen molar-refractivity contribution in [1.29, 1.82) is 0 Å². The van der Waals surface area contributed by atoms with E-state index in [4.69, 9.17) is 4.74 Å². The summed E-state index contributed by atoms with van der Waals surface area (Å²) in [6.45, 7) is 13.1. The van der Waals surface area contributed by atoms with E-state index in [1.807, 2.05) is 20.8 Å². The van der Waals surface area contributed by atoms with E-state index in [0.717, 1.165) is 19.8 Å². The lowest BCUT2D eigenvalue weighted by atomic mass is 10.3. The first-order chi connectivity index (χ1) is 5.68. The molecule has 0 fully saturated rings. The molecule has 0 amide bonds. The Morgan fingerprint density at radius 2 is 1.75 bits per heavy atom. The van der Waals surface area contributed by atoms with Crippen LogP contribution in [-0.4, -0.2) is 37.7 Å². The fourth-order valence-corrected chi connectivity index (χ4v) is 0.611. The van der Waals surface area contributed by atoms with Crippen LogP contribution in [0.2, 0.25) is 0 Å². The highest BCUT2D eigenvalue weighted by molar-refractivity contribution is 4.54. The predicted molar refractivity (Wildman–Crippen MR) is 55.6 cm³/mol. The van der Waals surface area contributed by atoms with Crippen LogP contribution in [0.1, 0.15) is 34.6 Å². The molecule has 0 unspecified atom stereocenters. The van der Waals surface area contributed by atoms with Crippen LogP contribution in [0.3, 0.4) is 0 Å². The summed E-state index contributed by atoms with van der Waals surface area (Å²) in [5, 5.41) is 0. The molecule has 0 aromatic carbocycles. The molecule has 0 saturated heterocycles. The van der Waals surface area contributed by atoms with Gasteiger partial charge in [0.05, 0.1) is 6.61 Å². The van der Waals surface area contributed by atoms with E-state index in [9.17, 15) is 0 Å². The minimum absolute atomic E-state index is 0.625. The Hall–Kier alpha value is -0.0800. The van der Waals surface area contributed by atoms with E-state index in [2.05, 4.69) is 25.8 Å². The molecule has 0 atom stereocenters. The van der Waals surface area contributed by atoms with Crippen molar-refractivity contribution in [3.8, 4) is 0 Å². The highest BCUT2D eigenvalue weighted by Gasteiger charge is 2.00. The highest BCUT2D eigenvalue weighted by Crippen LogP contribution is 1.91. The lowest BCUT2D eigenvalue weighted by Gasteiger charge is -2.20. The number of rotatable bonds is 5. The standard InChI is InChI=1S/C8H19NO.C2H6/c1-5-10-7-6-9(4)8(2)3;1-2/h8H,5-7H2,1-4H3;1-2H3. The van der Waals surface area contributed by atoms with Crippen LogP contribution in [0, 0.1) is 0 Å². The summed E-state index contributed by atoms with van der Waals surface area (Å²) < 4.78 is 5.21. The van der Waals surface area contributed by atoms with E-state index in [0.29, 0.717) is 6.04 Å². The van der Waals surface area contributed by atoms with Crippen molar-refractivity contribution in [2.45, 2.75) is 40.7 Å². The molecule has 0 aromatic rings. The Morgan fingerprint density at radius 3 is 2.08 bits per heavy atom. The monoisotopic (exact) mass is 175 g/mol. The second-order valence-corrected chi connectivity index (χ2v) is 2.77. The first kappa shape index (κ1) is 14.4. The Balaban J connectivity index is 0. The van der Waals surface area contributed by atoms with Gasteiger partial charge in [0.15, 0.2) is 0 Å². The van der Waals surface area contributed by atoms with Gasteiger partial charge in [-0.25, -0.2) is 0 Å². The fourth-order valence-electron chi connectivity index (χ4n) is 0.611. The molecule has 0 bridgehead atoms. The Bertz CT molecular complexity index is 74.2. The predicted octanol–water partition coefficient (Wildman–Crippen LogP) is 2.39. The lowest BCUT2D eigenvalue weighted by molar-refractivity contribution is 0.113. The fraction of sp³-hybridized carbons (Fsp3) is 1.00. The molecule has 0 heterocycles. The summed E-state index contributed by atoms with van der Waals surface area (Å²) in [5.41, 5.74) is 0. The van der Waals surface area contributed by atoms with Crippen LogP contribution in [0.15, 0.2) is 0 Å². The van der Waals surface area contributed by atoms with Crippen LogP contribution in [0.25, 0.3) is 0 Å². The van der Waals surface area contributed by atoms with Gasteiger partial charge in [0.2, 0.25) is 0 Å². The summed E-state index contributed by atoms with van der Waals surface area (Å²) in [6.07, 6.45) is 0. The average molecular weight is 175 g/mol. The molecule has 0 N–H and O–H groups in total. The van der Waals surface area contributed by atoms with Gasteiger partial charge in [0.25, 0.3) is 0 Å². The zero-order valence-corrected chi connectivity index (χ0v) is 9.55. The van der Waals surface area contributed by atoms with Crippen molar-refractivity contribution in [3.05, 3.63) is 0 Å². The molecule has 0 aliphatic heterocycles. The van der Waals surface area contributed by atoms with Crippen molar-refractivity contribution >= 4 is 0 Å². The quantitative estimate of drug-likeness (QED) is 0.595. The molecular formula is C10H25NO. The number of likely N-dealkylation sites (N-methyl/N-ethyl adjacent to an activating group) is 1. The van der Waals surface area contributed by atoms with Crippen LogP contribution in [0.5, 0.6) is 0 Å². The molecule has 0 rings (SSSR count). The third-order valence-electron chi connectivity index (χ3n) is 1.67. The van der Waals surface area contributed by atoms with Crippen molar-refractivity contribution in [1.82, 2.24) is 4.90 Å². The van der Waals surface area contributed by atoms with Gasteiger partial charge in [-0.2, -0.15) is 0 Å². The Kier molecular flexibility index (Phi) is 13.1. The average Bonchev–Trinajstić information content (AvgIpc) is 2.08. The van der Waals surface area contributed by atoms with Gasteiger partial charge in [0, 0.05) is 19.2 Å². The van der Waals surface area contributed by atoms with E-state index >= 15 is 0 Å². The maximum absolute atomic E-state index is 5.21. The molecule has 0 spiro atoms. The number of nitrogens with zero attached hydrogens (tertiary/aromatic N) is 1. The molecular weight excluding hydrogens is 150 g/mol. The largest absolute Gasteiger partial charge is 0.380 e. The SMILES string of the molecule is CC.CCOCCN(C)C(C)C. The first-order valence-electron chi connectivity index (χ1n) is 4.96. The van der Waals surface area contributed by atoms with Crippen LogP contribution >= 0.6 is 0 Å². The van der Waals surface area contributed by atoms with Crippen LogP contribution < -0.4 is 0 Å². The maximum atomic E-state index is 5.21. The topological polar surface area (TPSA) is 12.5 Å². The van der Waals surface area contributed by atoms with E-state index < -0.39 is 0 Å². The Morgan fingerprint density at radius 1 is 1.25 bits per heavy atom. The third-order valence-corrected chi connectivity index (χ3v) is 1.67. The van der Waals surface area contributed by atoms with Crippen molar-refractivity contribution in [2.24, 2.45) is 0 Å². The molecule has 0 aliphatic rings. The van der Waals surface area contributed by atoms with E-state index in [-0.39, 0.29) is 0 Å². The molecule has 0 saturated carbocycles. The zero-order chi connectivity index (χ0) is 9.98. The van der Waals surface area contributed by atoms with E-state index in [1.165, 1.54) is 0 Å². The van der Waals surface area contributed by atoms with Crippen molar-refractivity contribution in [3.63, 3.8) is 0 Å². The van der Waals surface area contributed by atoms with Gasteiger partial charge in [0.1, 0.15) is 0 Å². The van der Waals surface area contributed by atoms with Gasteiger partial charge in [-0.15, -0.1) is 0 Å². The summed E-state index contributed by atoms with van der Waals surface area (Å²) in [6, 6.07) is 0.625. The molecule has 2 nitrogen and oxygen atoms in total. The number of hydrogen-bond donors (Lipinski definition) is 0. The molecule has 76 valence electrons. The van der Waals surface area contributed by atoms with Gasteiger partial charge >= 0.3 is 0 Å². The smallest absolute Gasteiger partial charge is 0.0593 e. The van der Waals surface area contributed by atoms with Gasteiger partial charge < -0.3 is 9.64 Å². The molecule has 0 radical (unpaired) electrons. The van der Waals surface area contributed by atoms with Gasteiger partial charge in [-0.3, -0.25) is 0 Å². The lowest BCUT2D eigenvalue weighted by Crippen LogP contribution is -2.29. The van der Waals surface area contributed by atoms with E-state index in [1.54, 1.807) is 0 Å². The van der Waals surface area contributed by atoms with Crippen molar-refractivity contribution in [2.75, 3.05) is 26.8 Å². The summed E-state index contributed by atoms with van der Waals surface area (Å²) >= 11 is 0. The molecule has 2 heteroatoms. The number of hydrogen-bond acceptors (Lipinski definition) is 2. The maximum Gasteiger partial charge on any atom is 0.0593 e. The normalized spacial score (nSPS) is 10.0. The van der Waals surface area contributed by atoms with Crippen LogP contribution in [-0.2, 0) is 4.74 Å². The first-order valence-corrected chi connectivity index (χ1v) is 4.96. The zero-order valence-electron chi connectivity index (χ0n) is 9.55. The number of ether oxygens (including phenoxy) is 1. The van der Waals surface area contributed by atoms with Gasteiger partial charge in [-0.1, -0.05) is 13.8 Å². The Labute approximate surface area is 77.9 Å². The molecule has 12 heavy (non-hydrogen) atoms. The molecule has 0 aliphatic carbocycles. The van der Waals surface area contributed by atoms with Crippen LogP contribution in [0.4, 0.5) is 0 Å². The highest BCUT2D eigenvalue weighted by atomic mass is 16.5. The third kappa shape index (κ3) is 9.92. The molecule has 0 aromatic heterocycles. The summed E-state index contributed by atoms with van der Waals surface area (Å²) in [7, 11) is 2.11. The summed E-state index contributed by atoms with van der Waals surface area (Å²) in [4.78, 5) is 2.27. The van der Waals surface area contributed by atoms with Gasteiger partial charge in [-0.05, 0) is 27.8 Å². The minimum atomic E-state index is 0.625. The second-order valence-electron chi connectivity index (χ2n) is 2.77. The van der Waals surface area contributed by atoms with Crippen molar-refractivity contribution < 1.29 is 4.74 Å². The minimum Gasteiger partial charge on any atom is -0.380 e.